The average Bonchev–Trinajstić information content (AvgIpc) is 2.38. The summed E-state index contributed by atoms with van der Waals surface area (Å²) in [6, 6.07) is 15.0. The summed E-state index contributed by atoms with van der Waals surface area (Å²) < 4.78 is 0. The highest BCUT2D eigenvalue weighted by atomic mass is 14.9. The van der Waals surface area contributed by atoms with E-state index in [1.165, 1.54) is 16.3 Å². The Hall–Kier alpha value is -1.78. The van der Waals surface area contributed by atoms with Gasteiger partial charge in [-0.25, -0.2) is 0 Å². The maximum atomic E-state index is 5.51. The van der Waals surface area contributed by atoms with E-state index in [1.54, 1.807) is 0 Å². The summed E-state index contributed by atoms with van der Waals surface area (Å²) in [5.41, 5.74) is 1.28. The minimum absolute atomic E-state index is 0.126. The lowest BCUT2D eigenvalue weighted by Gasteiger charge is -2.11. The molecule has 0 aliphatic carbocycles. The first-order valence-electron chi connectivity index (χ1n) is 6.00. The van der Waals surface area contributed by atoms with Gasteiger partial charge < -0.3 is 5.32 Å². The molecule has 2 aromatic rings. The molecule has 0 saturated heterocycles. The van der Waals surface area contributed by atoms with E-state index in [2.05, 4.69) is 60.6 Å². The van der Waals surface area contributed by atoms with Crippen LogP contribution in [0.3, 0.4) is 0 Å². The zero-order valence-electron chi connectivity index (χ0n) is 10.1. The molecular formula is C16H17N. The Morgan fingerprint density at radius 2 is 1.94 bits per heavy atom. The summed E-state index contributed by atoms with van der Waals surface area (Å²) >= 11 is 0. The largest absolute Gasteiger partial charge is 0.304 e. The molecule has 1 heteroatoms. The second kappa shape index (κ2) is 5.52. The predicted molar refractivity (Wildman–Crippen MR) is 73.9 cm³/mol. The van der Waals surface area contributed by atoms with Crippen molar-refractivity contribution in [3.63, 3.8) is 0 Å². The van der Waals surface area contributed by atoms with Gasteiger partial charge in [-0.2, -0.15) is 0 Å². The van der Waals surface area contributed by atoms with Crippen LogP contribution in [0.4, 0.5) is 0 Å². The molecule has 0 fully saturated rings. The van der Waals surface area contributed by atoms with E-state index in [4.69, 9.17) is 6.42 Å². The fourth-order valence-corrected chi connectivity index (χ4v) is 2.04. The third-order valence-electron chi connectivity index (χ3n) is 2.91. The number of hydrogen-bond acceptors (Lipinski definition) is 1. The van der Waals surface area contributed by atoms with Gasteiger partial charge in [-0.3, -0.25) is 0 Å². The van der Waals surface area contributed by atoms with E-state index in [1.807, 2.05) is 0 Å². The van der Waals surface area contributed by atoms with Gasteiger partial charge in [0.1, 0.15) is 0 Å². The molecule has 2 rings (SSSR count). The lowest BCUT2D eigenvalue weighted by atomic mass is 10.0. The van der Waals surface area contributed by atoms with Crippen LogP contribution in [0.1, 0.15) is 12.5 Å². The van der Waals surface area contributed by atoms with E-state index in [9.17, 15) is 0 Å². The minimum atomic E-state index is 0.126. The number of rotatable bonds is 4. The molecule has 0 aromatic heterocycles. The summed E-state index contributed by atoms with van der Waals surface area (Å²) in [5, 5.41) is 5.84. The van der Waals surface area contributed by atoms with Gasteiger partial charge in [-0.1, -0.05) is 55.3 Å². The van der Waals surface area contributed by atoms with Crippen molar-refractivity contribution in [1.82, 2.24) is 5.32 Å². The van der Waals surface area contributed by atoms with E-state index in [-0.39, 0.29) is 6.04 Å². The minimum Gasteiger partial charge on any atom is -0.304 e. The number of likely N-dealkylation sites (N-methyl/N-ethyl adjacent to an activating group) is 1. The first-order valence-corrected chi connectivity index (χ1v) is 6.00. The zero-order chi connectivity index (χ0) is 12.1. The van der Waals surface area contributed by atoms with E-state index < -0.39 is 0 Å². The summed E-state index contributed by atoms with van der Waals surface area (Å²) in [5.74, 6) is 2.79. The lowest BCUT2D eigenvalue weighted by molar-refractivity contribution is 0.628. The van der Waals surface area contributed by atoms with Crippen LogP contribution in [0, 0.1) is 12.3 Å². The van der Waals surface area contributed by atoms with Crippen LogP contribution >= 0.6 is 0 Å². The second-order valence-corrected chi connectivity index (χ2v) is 4.16. The molecule has 17 heavy (non-hydrogen) atoms. The summed E-state index contributed by atoms with van der Waals surface area (Å²) in [7, 11) is 0. The fourth-order valence-electron chi connectivity index (χ4n) is 2.04. The molecule has 1 nitrogen and oxygen atoms in total. The number of benzene rings is 2. The van der Waals surface area contributed by atoms with Crippen LogP contribution in [0.5, 0.6) is 0 Å². The highest BCUT2D eigenvalue weighted by molar-refractivity contribution is 5.83. The Morgan fingerprint density at radius 3 is 2.65 bits per heavy atom. The standard InChI is InChI=1S/C16H17N/c1-3-16(17-4-2)12-13-9-10-14-7-5-6-8-15(14)11-13/h1,5-11,16-17H,4,12H2,2H3. The number of terminal acetylenes is 1. The molecule has 0 heterocycles. The molecule has 0 aliphatic rings. The van der Waals surface area contributed by atoms with Gasteiger partial charge in [0.25, 0.3) is 0 Å². The van der Waals surface area contributed by atoms with Crippen LogP contribution in [-0.2, 0) is 6.42 Å². The Kier molecular flexibility index (Phi) is 3.80. The third kappa shape index (κ3) is 2.87. The molecule has 1 unspecified atom stereocenters. The first kappa shape index (κ1) is 11.7. The van der Waals surface area contributed by atoms with Crippen molar-refractivity contribution < 1.29 is 0 Å². The molecule has 0 saturated carbocycles. The van der Waals surface area contributed by atoms with Crippen molar-refractivity contribution in [2.75, 3.05) is 6.54 Å². The van der Waals surface area contributed by atoms with Crippen LogP contribution < -0.4 is 5.32 Å². The molecule has 86 valence electrons. The van der Waals surface area contributed by atoms with Crippen molar-refractivity contribution in [3.05, 3.63) is 48.0 Å². The number of nitrogens with one attached hydrogen (secondary N) is 1. The summed E-state index contributed by atoms with van der Waals surface area (Å²) in [4.78, 5) is 0. The second-order valence-electron chi connectivity index (χ2n) is 4.16. The Labute approximate surface area is 103 Å². The number of hydrogen-bond donors (Lipinski definition) is 1. The van der Waals surface area contributed by atoms with Gasteiger partial charge in [0, 0.05) is 0 Å². The molecule has 0 radical (unpaired) electrons. The van der Waals surface area contributed by atoms with E-state index in [0.29, 0.717) is 0 Å². The van der Waals surface area contributed by atoms with Gasteiger partial charge in [-0.05, 0) is 29.3 Å². The van der Waals surface area contributed by atoms with Crippen LogP contribution in [0.2, 0.25) is 0 Å². The molecule has 1 N–H and O–H groups in total. The topological polar surface area (TPSA) is 12.0 Å². The van der Waals surface area contributed by atoms with Crippen molar-refractivity contribution in [1.29, 1.82) is 0 Å². The normalized spacial score (nSPS) is 12.2. The van der Waals surface area contributed by atoms with Crippen molar-refractivity contribution in [2.45, 2.75) is 19.4 Å². The predicted octanol–water partition coefficient (Wildman–Crippen LogP) is 2.99. The molecule has 0 amide bonds. The molecule has 1 atom stereocenters. The van der Waals surface area contributed by atoms with Gasteiger partial charge >= 0.3 is 0 Å². The quantitative estimate of drug-likeness (QED) is 0.786. The van der Waals surface area contributed by atoms with Crippen LogP contribution in [0.15, 0.2) is 42.5 Å². The molecule has 2 aromatic carbocycles. The Bertz CT molecular complexity index is 536. The van der Waals surface area contributed by atoms with Crippen molar-refractivity contribution >= 4 is 10.8 Å². The van der Waals surface area contributed by atoms with Gasteiger partial charge in [-0.15, -0.1) is 6.42 Å². The Balaban J connectivity index is 2.22. The van der Waals surface area contributed by atoms with E-state index in [0.717, 1.165) is 13.0 Å². The molecule has 0 aliphatic heterocycles. The van der Waals surface area contributed by atoms with Crippen molar-refractivity contribution in [2.24, 2.45) is 0 Å². The zero-order valence-corrected chi connectivity index (χ0v) is 10.1. The number of fused-ring (bicyclic) bond motifs is 1. The fraction of sp³-hybridized carbons (Fsp3) is 0.250. The van der Waals surface area contributed by atoms with Crippen molar-refractivity contribution in [3.8, 4) is 12.3 Å². The summed E-state index contributed by atoms with van der Waals surface area (Å²) in [6.45, 7) is 2.98. The smallest absolute Gasteiger partial charge is 0.0727 e. The molecular weight excluding hydrogens is 206 g/mol. The molecule has 0 spiro atoms. The first-order chi connectivity index (χ1) is 8.33. The third-order valence-corrected chi connectivity index (χ3v) is 2.91. The van der Waals surface area contributed by atoms with E-state index >= 15 is 0 Å². The van der Waals surface area contributed by atoms with Gasteiger partial charge in [0.05, 0.1) is 6.04 Å². The maximum Gasteiger partial charge on any atom is 0.0727 e. The SMILES string of the molecule is C#CC(Cc1ccc2ccccc2c1)NCC. The molecule has 0 bridgehead atoms. The van der Waals surface area contributed by atoms with Gasteiger partial charge in [0.15, 0.2) is 0 Å². The lowest BCUT2D eigenvalue weighted by Crippen LogP contribution is -2.29. The van der Waals surface area contributed by atoms with Crippen LogP contribution in [0.25, 0.3) is 10.8 Å². The van der Waals surface area contributed by atoms with Crippen LogP contribution in [-0.4, -0.2) is 12.6 Å². The monoisotopic (exact) mass is 223 g/mol. The Morgan fingerprint density at radius 1 is 1.18 bits per heavy atom. The highest BCUT2D eigenvalue weighted by Crippen LogP contribution is 2.16. The highest BCUT2D eigenvalue weighted by Gasteiger charge is 2.04. The van der Waals surface area contributed by atoms with Gasteiger partial charge in [0.2, 0.25) is 0 Å². The summed E-state index contributed by atoms with van der Waals surface area (Å²) in [6.07, 6.45) is 6.39. The maximum absolute atomic E-state index is 5.51. The average molecular weight is 223 g/mol.